The average Bonchev–Trinajstić information content (AvgIpc) is 3.24. The van der Waals surface area contributed by atoms with Gasteiger partial charge in [0.2, 0.25) is 0 Å². The lowest BCUT2D eigenvalue weighted by atomic mass is 10.1. The van der Waals surface area contributed by atoms with E-state index >= 15 is 0 Å². The van der Waals surface area contributed by atoms with Gasteiger partial charge in [-0.2, -0.15) is 0 Å². The summed E-state index contributed by atoms with van der Waals surface area (Å²) in [6.45, 7) is 1.88. The molecule has 4 rings (SSSR count). The van der Waals surface area contributed by atoms with Gasteiger partial charge in [-0.3, -0.25) is 9.69 Å². The number of benzene rings is 1. The first-order valence-corrected chi connectivity index (χ1v) is 7.71. The van der Waals surface area contributed by atoms with Gasteiger partial charge in [0.1, 0.15) is 17.5 Å². The van der Waals surface area contributed by atoms with Gasteiger partial charge in [0.05, 0.1) is 6.54 Å². The normalized spacial score (nSPS) is 17.7. The van der Waals surface area contributed by atoms with E-state index in [0.29, 0.717) is 17.9 Å². The van der Waals surface area contributed by atoms with Gasteiger partial charge in [-0.05, 0) is 18.6 Å². The molecule has 1 saturated heterocycles. The van der Waals surface area contributed by atoms with E-state index in [-0.39, 0.29) is 12.5 Å². The Labute approximate surface area is 137 Å². The van der Waals surface area contributed by atoms with Crippen LogP contribution in [0.4, 0.5) is 4.79 Å². The largest absolute Gasteiger partial charge is 0.361 e. The summed E-state index contributed by atoms with van der Waals surface area (Å²) in [4.78, 5) is 29.0. The van der Waals surface area contributed by atoms with E-state index in [2.05, 4.69) is 15.5 Å². The molecule has 0 spiro atoms. The van der Waals surface area contributed by atoms with Crippen molar-refractivity contribution in [3.8, 4) is 0 Å². The Morgan fingerprint density at radius 1 is 1.29 bits per heavy atom. The Hall–Kier alpha value is -3.09. The van der Waals surface area contributed by atoms with E-state index < -0.39 is 12.1 Å². The van der Waals surface area contributed by atoms with Gasteiger partial charge >= 0.3 is 6.03 Å². The number of hydrogen-bond acceptors (Lipinski definition) is 4. The second kappa shape index (κ2) is 5.52. The van der Waals surface area contributed by atoms with Crippen LogP contribution in [0.15, 0.2) is 41.1 Å². The fourth-order valence-electron chi connectivity index (χ4n) is 3.04. The lowest BCUT2D eigenvalue weighted by Gasteiger charge is -2.10. The van der Waals surface area contributed by atoms with E-state index in [0.717, 1.165) is 16.5 Å². The number of hydrogen-bond donors (Lipinski definition) is 2. The minimum absolute atomic E-state index is 0.117. The number of fused-ring (bicyclic) bond motifs is 1. The van der Waals surface area contributed by atoms with Crippen LogP contribution in [0.2, 0.25) is 0 Å². The maximum Gasteiger partial charge on any atom is 0.325 e. The molecule has 1 aromatic carbocycles. The van der Waals surface area contributed by atoms with Crippen LogP contribution in [0.5, 0.6) is 0 Å². The molecule has 24 heavy (non-hydrogen) atoms. The minimum Gasteiger partial charge on any atom is -0.361 e. The summed E-state index contributed by atoms with van der Waals surface area (Å²) < 4.78 is 4.98. The summed E-state index contributed by atoms with van der Waals surface area (Å²) in [7, 11) is 0. The first-order chi connectivity index (χ1) is 11.6. The highest BCUT2D eigenvalue weighted by Gasteiger charge is 2.38. The first-order valence-electron chi connectivity index (χ1n) is 7.71. The van der Waals surface area contributed by atoms with E-state index in [1.54, 1.807) is 13.0 Å². The van der Waals surface area contributed by atoms with Crippen LogP contribution in [-0.4, -0.2) is 33.0 Å². The summed E-state index contributed by atoms with van der Waals surface area (Å²) in [5.41, 5.74) is 2.58. The molecule has 122 valence electrons. The highest BCUT2D eigenvalue weighted by molar-refractivity contribution is 6.04. The van der Waals surface area contributed by atoms with E-state index in [4.69, 9.17) is 4.52 Å². The lowest BCUT2D eigenvalue weighted by molar-refractivity contribution is -0.127. The number of para-hydroxylation sites is 1. The summed E-state index contributed by atoms with van der Waals surface area (Å²) in [5, 5.41) is 7.65. The highest BCUT2D eigenvalue weighted by Crippen LogP contribution is 2.21. The molecule has 0 radical (unpaired) electrons. The lowest BCUT2D eigenvalue weighted by Crippen LogP contribution is -2.32. The quantitative estimate of drug-likeness (QED) is 0.719. The van der Waals surface area contributed by atoms with Crippen LogP contribution < -0.4 is 5.32 Å². The molecule has 7 heteroatoms. The summed E-state index contributed by atoms with van der Waals surface area (Å²) in [6, 6.07) is 8.63. The van der Waals surface area contributed by atoms with Crippen molar-refractivity contribution in [1.29, 1.82) is 0 Å². The van der Waals surface area contributed by atoms with Crippen molar-refractivity contribution in [1.82, 2.24) is 20.4 Å². The summed E-state index contributed by atoms with van der Waals surface area (Å²) in [5.74, 6) is 0.401. The summed E-state index contributed by atoms with van der Waals surface area (Å²) in [6.07, 6.45) is 2.33. The zero-order chi connectivity index (χ0) is 16.7. The van der Waals surface area contributed by atoms with E-state index in [1.165, 1.54) is 4.90 Å². The number of rotatable bonds is 4. The smallest absolute Gasteiger partial charge is 0.325 e. The number of amides is 3. The van der Waals surface area contributed by atoms with Crippen LogP contribution in [0.3, 0.4) is 0 Å². The second-order valence-corrected chi connectivity index (χ2v) is 5.92. The predicted molar refractivity (Wildman–Crippen MR) is 86.1 cm³/mol. The van der Waals surface area contributed by atoms with Crippen molar-refractivity contribution in [3.05, 3.63) is 53.5 Å². The van der Waals surface area contributed by atoms with Gasteiger partial charge in [0, 0.05) is 29.6 Å². The zero-order valence-electron chi connectivity index (χ0n) is 13.1. The van der Waals surface area contributed by atoms with Gasteiger partial charge < -0.3 is 14.8 Å². The van der Waals surface area contributed by atoms with Crippen molar-refractivity contribution in [2.75, 3.05) is 0 Å². The molecule has 3 aromatic rings. The van der Waals surface area contributed by atoms with Crippen LogP contribution >= 0.6 is 0 Å². The molecular formula is C17H16N4O3. The molecule has 1 aliphatic heterocycles. The van der Waals surface area contributed by atoms with Crippen molar-refractivity contribution in [2.45, 2.75) is 25.9 Å². The Balaban J connectivity index is 1.53. The third-order valence-corrected chi connectivity index (χ3v) is 4.20. The van der Waals surface area contributed by atoms with Crippen LogP contribution in [0.1, 0.15) is 17.0 Å². The van der Waals surface area contributed by atoms with Gasteiger partial charge in [0.15, 0.2) is 0 Å². The van der Waals surface area contributed by atoms with E-state index in [9.17, 15) is 9.59 Å². The molecule has 1 atom stereocenters. The molecule has 7 nitrogen and oxygen atoms in total. The van der Waals surface area contributed by atoms with Crippen molar-refractivity contribution >= 4 is 22.8 Å². The standard InChI is InChI=1S/C17H16N4O3/c1-10-6-12(20-24-10)9-21-16(22)15(19-17(21)23)7-11-8-18-14-5-3-2-4-13(11)14/h2-6,8,15,18H,7,9H2,1H3,(H,19,23)/t15-/m1/s1. The van der Waals surface area contributed by atoms with Gasteiger partial charge in [0.25, 0.3) is 5.91 Å². The number of aryl methyl sites for hydroxylation is 1. The molecule has 3 amide bonds. The highest BCUT2D eigenvalue weighted by atomic mass is 16.5. The number of aromatic amines is 1. The fourth-order valence-corrected chi connectivity index (χ4v) is 3.04. The fraction of sp³-hybridized carbons (Fsp3) is 0.235. The molecule has 0 unspecified atom stereocenters. The van der Waals surface area contributed by atoms with Crippen molar-refractivity contribution < 1.29 is 14.1 Å². The van der Waals surface area contributed by atoms with Crippen LogP contribution in [-0.2, 0) is 17.8 Å². The molecule has 0 aliphatic carbocycles. The third-order valence-electron chi connectivity index (χ3n) is 4.20. The Bertz CT molecular complexity index is 927. The van der Waals surface area contributed by atoms with E-state index in [1.807, 2.05) is 30.5 Å². The number of nitrogens with one attached hydrogen (secondary N) is 2. The van der Waals surface area contributed by atoms with Crippen molar-refractivity contribution in [2.24, 2.45) is 0 Å². The Kier molecular flexibility index (Phi) is 3.34. The van der Waals surface area contributed by atoms with Crippen molar-refractivity contribution in [3.63, 3.8) is 0 Å². The van der Waals surface area contributed by atoms with Gasteiger partial charge in [-0.25, -0.2) is 4.79 Å². The Morgan fingerprint density at radius 2 is 2.12 bits per heavy atom. The van der Waals surface area contributed by atoms with Crippen LogP contribution in [0, 0.1) is 6.92 Å². The monoisotopic (exact) mass is 324 g/mol. The number of aromatic nitrogens is 2. The molecule has 2 N–H and O–H groups in total. The molecule has 2 aromatic heterocycles. The molecule has 1 fully saturated rings. The number of imide groups is 1. The number of carbonyl (C=O) groups excluding carboxylic acids is 2. The van der Waals surface area contributed by atoms with Gasteiger partial charge in [-0.1, -0.05) is 23.4 Å². The maximum atomic E-state index is 12.6. The van der Waals surface area contributed by atoms with Gasteiger partial charge in [-0.15, -0.1) is 0 Å². The molecule has 0 bridgehead atoms. The molecule has 3 heterocycles. The molecule has 0 saturated carbocycles. The summed E-state index contributed by atoms with van der Waals surface area (Å²) >= 11 is 0. The van der Waals surface area contributed by atoms with Crippen LogP contribution in [0.25, 0.3) is 10.9 Å². The number of nitrogens with zero attached hydrogens (tertiary/aromatic N) is 2. The number of H-pyrrole nitrogens is 1. The SMILES string of the molecule is Cc1cc(CN2C(=O)N[C@H](Cc3c[nH]c4ccccc34)C2=O)no1. The number of carbonyl (C=O) groups is 2. The molecule has 1 aliphatic rings. The minimum atomic E-state index is -0.565. The molecular weight excluding hydrogens is 308 g/mol. The zero-order valence-corrected chi connectivity index (χ0v) is 13.1. The third kappa shape index (κ3) is 2.44. The predicted octanol–water partition coefficient (Wildman–Crippen LogP) is 2.13. The number of urea groups is 1. The Morgan fingerprint density at radius 3 is 2.92 bits per heavy atom. The average molecular weight is 324 g/mol. The second-order valence-electron chi connectivity index (χ2n) is 5.92. The maximum absolute atomic E-state index is 12.6. The first kappa shape index (κ1) is 14.5. The topological polar surface area (TPSA) is 91.2 Å².